The van der Waals surface area contributed by atoms with E-state index in [1.165, 1.54) is 6.08 Å². The fourth-order valence-electron chi connectivity index (χ4n) is 1.75. The Morgan fingerprint density at radius 2 is 2.41 bits per heavy atom. The molecule has 2 rings (SSSR count). The van der Waals surface area contributed by atoms with E-state index >= 15 is 0 Å². The third kappa shape index (κ3) is 2.20. The maximum atomic E-state index is 11.2. The van der Waals surface area contributed by atoms with E-state index in [-0.39, 0.29) is 0 Å². The average Bonchev–Trinajstić information content (AvgIpc) is 2.88. The van der Waals surface area contributed by atoms with Gasteiger partial charge in [-0.15, -0.1) is 0 Å². The molecule has 6 nitrogen and oxygen atoms in total. The van der Waals surface area contributed by atoms with E-state index in [2.05, 4.69) is 5.10 Å². The second-order valence-corrected chi connectivity index (χ2v) is 3.53. The maximum absolute atomic E-state index is 11.2. The van der Waals surface area contributed by atoms with Crippen LogP contribution in [0.2, 0.25) is 0 Å². The number of amides is 1. The first-order valence-electron chi connectivity index (χ1n) is 5.39. The van der Waals surface area contributed by atoms with Crippen molar-refractivity contribution in [1.29, 1.82) is 0 Å². The molecule has 0 N–H and O–H groups in total. The summed E-state index contributed by atoms with van der Waals surface area (Å²) in [5.41, 5.74) is 0.739. The Labute approximate surface area is 98.5 Å². The smallest absolute Gasteiger partial charge is 0.330 e. The monoisotopic (exact) mass is 235 g/mol. The summed E-state index contributed by atoms with van der Waals surface area (Å²) in [7, 11) is 0. The molecule has 0 atom stereocenters. The van der Waals surface area contributed by atoms with Crippen molar-refractivity contribution in [2.75, 3.05) is 18.1 Å². The highest BCUT2D eigenvalue weighted by Gasteiger charge is 2.22. The van der Waals surface area contributed by atoms with Crippen molar-refractivity contribution in [2.24, 2.45) is 0 Å². The van der Waals surface area contributed by atoms with Crippen molar-refractivity contribution in [3.05, 3.63) is 17.8 Å². The van der Waals surface area contributed by atoms with Crippen LogP contribution in [0.3, 0.4) is 0 Å². The van der Waals surface area contributed by atoms with Gasteiger partial charge in [0.1, 0.15) is 5.82 Å². The molecule has 0 saturated heterocycles. The van der Waals surface area contributed by atoms with E-state index in [1.807, 2.05) is 0 Å². The molecule has 6 heteroatoms. The van der Waals surface area contributed by atoms with Crippen LogP contribution in [0.1, 0.15) is 12.5 Å². The highest BCUT2D eigenvalue weighted by Crippen LogP contribution is 2.25. The minimum Gasteiger partial charge on any atom is -0.463 e. The Morgan fingerprint density at radius 1 is 1.59 bits per heavy atom. The van der Waals surface area contributed by atoms with Crippen molar-refractivity contribution >= 4 is 24.3 Å². The highest BCUT2D eigenvalue weighted by atomic mass is 16.5. The Morgan fingerprint density at radius 3 is 3.12 bits per heavy atom. The lowest BCUT2D eigenvalue weighted by Gasteiger charge is -2.07. The molecular weight excluding hydrogens is 222 g/mol. The summed E-state index contributed by atoms with van der Waals surface area (Å²) in [6, 6.07) is 0. The largest absolute Gasteiger partial charge is 0.463 e. The second-order valence-electron chi connectivity index (χ2n) is 3.53. The third-order valence-electron chi connectivity index (χ3n) is 2.48. The number of aromatic nitrogens is 2. The van der Waals surface area contributed by atoms with Crippen LogP contribution in [0.25, 0.3) is 6.08 Å². The maximum Gasteiger partial charge on any atom is 0.330 e. The first-order chi connectivity index (χ1) is 8.26. The molecule has 0 spiro atoms. The molecule has 0 saturated carbocycles. The fraction of sp³-hybridized carbons (Fsp3) is 0.364. The van der Waals surface area contributed by atoms with Crippen molar-refractivity contribution in [1.82, 2.24) is 9.78 Å². The summed E-state index contributed by atoms with van der Waals surface area (Å²) in [5, 5.41) is 4.13. The summed E-state index contributed by atoms with van der Waals surface area (Å²) >= 11 is 0. The third-order valence-corrected chi connectivity index (χ3v) is 2.48. The second kappa shape index (κ2) is 4.82. The molecule has 1 aliphatic heterocycles. The fourth-order valence-corrected chi connectivity index (χ4v) is 1.75. The molecule has 0 radical (unpaired) electrons. The number of nitrogens with zero attached hydrogens (tertiary/aromatic N) is 3. The van der Waals surface area contributed by atoms with Crippen molar-refractivity contribution in [3.63, 3.8) is 0 Å². The minimum absolute atomic E-state index is 0.343. The zero-order valence-corrected chi connectivity index (χ0v) is 9.50. The lowest BCUT2D eigenvalue weighted by molar-refractivity contribution is -0.137. The molecule has 0 bridgehead atoms. The number of anilines is 1. The van der Waals surface area contributed by atoms with Gasteiger partial charge in [-0.25, -0.2) is 9.48 Å². The van der Waals surface area contributed by atoms with Crippen LogP contribution in [0.5, 0.6) is 0 Å². The van der Waals surface area contributed by atoms with Gasteiger partial charge in [-0.2, -0.15) is 5.10 Å². The zero-order valence-electron chi connectivity index (χ0n) is 9.50. The van der Waals surface area contributed by atoms with Crippen molar-refractivity contribution in [2.45, 2.75) is 13.5 Å². The van der Waals surface area contributed by atoms with Crippen molar-refractivity contribution in [3.8, 4) is 0 Å². The normalized spacial score (nSPS) is 14.1. The van der Waals surface area contributed by atoms with Gasteiger partial charge in [0.15, 0.2) is 0 Å². The number of ether oxygens (including phenoxy) is 1. The Hall–Kier alpha value is -2.11. The molecule has 0 fully saturated rings. The molecule has 90 valence electrons. The van der Waals surface area contributed by atoms with Crippen LogP contribution in [0.15, 0.2) is 12.3 Å². The molecule has 0 unspecified atom stereocenters. The number of esters is 1. The predicted octanol–water partition coefficient (Wildman–Crippen LogP) is 0.436. The Balaban J connectivity index is 2.18. The van der Waals surface area contributed by atoms with Crippen LogP contribution in [0.4, 0.5) is 5.82 Å². The van der Waals surface area contributed by atoms with Crippen molar-refractivity contribution < 1.29 is 14.3 Å². The number of fused-ring (bicyclic) bond motifs is 1. The van der Waals surface area contributed by atoms with Gasteiger partial charge in [-0.3, -0.25) is 9.69 Å². The lowest BCUT2D eigenvalue weighted by atomic mass is 10.3. The molecule has 1 amide bonds. The van der Waals surface area contributed by atoms with Gasteiger partial charge in [-0.1, -0.05) is 0 Å². The number of hydrogen-bond acceptors (Lipinski definition) is 4. The number of hydrogen-bond donors (Lipinski definition) is 0. The summed E-state index contributed by atoms with van der Waals surface area (Å²) in [4.78, 5) is 23.6. The summed E-state index contributed by atoms with van der Waals surface area (Å²) in [6.45, 7) is 3.39. The molecule has 17 heavy (non-hydrogen) atoms. The van der Waals surface area contributed by atoms with Gasteiger partial charge in [0.2, 0.25) is 6.41 Å². The van der Waals surface area contributed by atoms with E-state index < -0.39 is 5.97 Å². The number of carbonyl (C=O) groups is 2. The van der Waals surface area contributed by atoms with Crippen LogP contribution < -0.4 is 4.90 Å². The molecule has 1 aromatic heterocycles. The Kier molecular flexibility index (Phi) is 3.22. The van der Waals surface area contributed by atoms with E-state index in [9.17, 15) is 9.59 Å². The predicted molar refractivity (Wildman–Crippen MR) is 61.3 cm³/mol. The minimum atomic E-state index is -0.400. The first kappa shape index (κ1) is 11.4. The molecule has 1 aromatic rings. The number of rotatable bonds is 4. The van der Waals surface area contributed by atoms with E-state index in [1.54, 1.807) is 28.8 Å². The van der Waals surface area contributed by atoms with Gasteiger partial charge in [0.05, 0.1) is 19.3 Å². The van der Waals surface area contributed by atoms with Crippen LogP contribution in [-0.4, -0.2) is 35.3 Å². The quantitative estimate of drug-likeness (QED) is 0.431. The van der Waals surface area contributed by atoms with Gasteiger partial charge >= 0.3 is 5.97 Å². The first-order valence-corrected chi connectivity index (χ1v) is 5.39. The van der Waals surface area contributed by atoms with Crippen LogP contribution >= 0.6 is 0 Å². The zero-order chi connectivity index (χ0) is 12.3. The van der Waals surface area contributed by atoms with Gasteiger partial charge in [0.25, 0.3) is 0 Å². The molecule has 0 aliphatic carbocycles. The van der Waals surface area contributed by atoms with E-state index in [4.69, 9.17) is 4.74 Å². The Bertz CT molecular complexity index is 465. The van der Waals surface area contributed by atoms with E-state index in [0.717, 1.165) is 17.8 Å². The van der Waals surface area contributed by atoms with Crippen LogP contribution in [0, 0.1) is 0 Å². The summed E-state index contributed by atoms with van der Waals surface area (Å²) in [5.74, 6) is 0.323. The molecular formula is C11H13N3O3. The number of carbonyl (C=O) groups excluding carboxylic acids is 2. The van der Waals surface area contributed by atoms with Gasteiger partial charge in [-0.05, 0) is 13.0 Å². The summed E-state index contributed by atoms with van der Waals surface area (Å²) < 4.78 is 6.51. The topological polar surface area (TPSA) is 64.4 Å². The summed E-state index contributed by atoms with van der Waals surface area (Å²) in [6.07, 6.45) is 5.34. The lowest BCUT2D eigenvalue weighted by Crippen LogP contribution is -2.17. The SMILES string of the molecule is CCOC(=O)C=Cc1cnn2c1N(C=O)CC2. The highest BCUT2D eigenvalue weighted by molar-refractivity contribution is 5.89. The van der Waals surface area contributed by atoms with Gasteiger partial charge in [0, 0.05) is 18.2 Å². The standard InChI is InChI=1S/C11H13N3O3/c1-2-17-10(16)4-3-9-7-12-14-6-5-13(8-15)11(9)14/h3-4,7-8H,2,5-6H2,1H3. The van der Waals surface area contributed by atoms with Gasteiger partial charge < -0.3 is 4.74 Å². The molecule has 2 heterocycles. The molecule has 0 aromatic carbocycles. The van der Waals surface area contributed by atoms with E-state index in [0.29, 0.717) is 19.7 Å². The molecule has 1 aliphatic rings. The van der Waals surface area contributed by atoms with Crippen LogP contribution in [-0.2, 0) is 20.9 Å². The average molecular weight is 235 g/mol.